The zero-order valence-corrected chi connectivity index (χ0v) is 12.9. The van der Waals surface area contributed by atoms with Gasteiger partial charge in [-0.2, -0.15) is 5.10 Å². The summed E-state index contributed by atoms with van der Waals surface area (Å²) >= 11 is 0. The van der Waals surface area contributed by atoms with Crippen LogP contribution >= 0.6 is 0 Å². The minimum atomic E-state index is -0.237. The van der Waals surface area contributed by atoms with Gasteiger partial charge in [-0.05, 0) is 45.4 Å². The van der Waals surface area contributed by atoms with Crippen molar-refractivity contribution >= 4 is 11.7 Å². The van der Waals surface area contributed by atoms with Crippen LogP contribution in [0.1, 0.15) is 66.5 Å². The maximum atomic E-state index is 12.4. The van der Waals surface area contributed by atoms with Gasteiger partial charge in [-0.25, -0.2) is 4.98 Å². The van der Waals surface area contributed by atoms with Crippen molar-refractivity contribution in [2.75, 3.05) is 5.32 Å². The summed E-state index contributed by atoms with van der Waals surface area (Å²) in [4.78, 5) is 16.4. The van der Waals surface area contributed by atoms with Crippen LogP contribution in [0, 0.1) is 12.8 Å². The first-order valence-electron chi connectivity index (χ1n) is 7.94. The van der Waals surface area contributed by atoms with Crippen LogP contribution in [0.5, 0.6) is 0 Å². The van der Waals surface area contributed by atoms with E-state index >= 15 is 0 Å². The molecule has 2 fully saturated rings. The Labute approximate surface area is 128 Å². The summed E-state index contributed by atoms with van der Waals surface area (Å²) in [6.07, 6.45) is 6.03. The fourth-order valence-electron chi connectivity index (χ4n) is 2.98. The van der Waals surface area contributed by atoms with E-state index in [0.717, 1.165) is 24.5 Å². The second kappa shape index (κ2) is 4.97. The van der Waals surface area contributed by atoms with E-state index in [4.69, 9.17) is 4.42 Å². The molecule has 0 radical (unpaired) electrons. The molecular weight excluding hydrogens is 280 g/mol. The Hall–Kier alpha value is -2.11. The summed E-state index contributed by atoms with van der Waals surface area (Å²) in [6, 6.07) is 2.30. The third-order valence-corrected chi connectivity index (χ3v) is 4.61. The van der Waals surface area contributed by atoms with Crippen LogP contribution in [0.25, 0.3) is 0 Å². The lowest BCUT2D eigenvalue weighted by Gasteiger charge is -2.12. The van der Waals surface area contributed by atoms with Crippen LogP contribution < -0.4 is 5.32 Å². The summed E-state index contributed by atoms with van der Waals surface area (Å²) in [7, 11) is 0. The van der Waals surface area contributed by atoms with Crippen molar-refractivity contribution in [3.05, 3.63) is 29.6 Å². The second-order valence-electron chi connectivity index (χ2n) is 6.49. The normalized spacial score (nSPS) is 19.2. The molecule has 0 saturated heterocycles. The third-order valence-electron chi connectivity index (χ3n) is 4.61. The average molecular weight is 300 g/mol. The van der Waals surface area contributed by atoms with Crippen LogP contribution in [0.2, 0.25) is 0 Å². The Morgan fingerprint density at radius 1 is 1.41 bits per heavy atom. The van der Waals surface area contributed by atoms with Crippen LogP contribution in [0.3, 0.4) is 0 Å². The van der Waals surface area contributed by atoms with Crippen LogP contribution in [0.15, 0.2) is 16.9 Å². The molecule has 2 aliphatic carbocycles. The third kappa shape index (κ3) is 2.42. The molecule has 0 spiro atoms. The Morgan fingerprint density at radius 3 is 2.86 bits per heavy atom. The highest BCUT2D eigenvalue weighted by Crippen LogP contribution is 2.42. The molecule has 2 aromatic rings. The van der Waals surface area contributed by atoms with Gasteiger partial charge in [-0.3, -0.25) is 9.48 Å². The number of oxazole rings is 1. The molecule has 1 atom stereocenters. The summed E-state index contributed by atoms with van der Waals surface area (Å²) < 4.78 is 7.37. The van der Waals surface area contributed by atoms with E-state index < -0.39 is 0 Å². The van der Waals surface area contributed by atoms with Crippen LogP contribution in [-0.4, -0.2) is 20.7 Å². The molecule has 1 amide bonds. The Kier molecular flexibility index (Phi) is 3.06. The molecule has 6 nitrogen and oxygen atoms in total. The van der Waals surface area contributed by atoms with E-state index in [0.29, 0.717) is 29.2 Å². The molecular formula is C16H20N4O2. The smallest absolute Gasteiger partial charge is 0.279 e. The number of aromatic nitrogens is 3. The predicted molar refractivity (Wildman–Crippen MR) is 80.8 cm³/mol. The molecule has 2 aromatic heterocycles. The van der Waals surface area contributed by atoms with Gasteiger partial charge in [0.2, 0.25) is 0 Å². The minimum absolute atomic E-state index is 0.237. The molecule has 2 heterocycles. The molecule has 116 valence electrons. The molecule has 1 N–H and O–H groups in total. The predicted octanol–water partition coefficient (Wildman–Crippen LogP) is 3.28. The fraction of sp³-hybridized carbons (Fsp3) is 0.562. The first kappa shape index (κ1) is 13.5. The number of rotatable bonds is 5. The maximum absolute atomic E-state index is 12.4. The quantitative estimate of drug-likeness (QED) is 0.919. The Balaban J connectivity index is 1.51. The van der Waals surface area contributed by atoms with Gasteiger partial charge in [0.25, 0.3) is 5.91 Å². The standard InChI is InChI=1S/C16H20N4O2/c1-9-7-13(19-20(9)10(2)11-3-4-11)18-16(21)14-15(12-5-6-12)22-8-17-14/h7-8,10-12H,3-6H2,1-2H3,(H,18,19,21). The summed E-state index contributed by atoms with van der Waals surface area (Å²) in [6.45, 7) is 4.21. The first-order valence-corrected chi connectivity index (χ1v) is 7.94. The number of carbonyl (C=O) groups is 1. The molecule has 6 heteroatoms. The number of amides is 1. The molecule has 4 rings (SSSR count). The van der Waals surface area contributed by atoms with Crippen molar-refractivity contribution < 1.29 is 9.21 Å². The lowest BCUT2D eigenvalue weighted by atomic mass is 10.2. The van der Waals surface area contributed by atoms with Gasteiger partial charge in [0.15, 0.2) is 17.9 Å². The number of aryl methyl sites for hydroxylation is 1. The molecule has 2 saturated carbocycles. The van der Waals surface area contributed by atoms with E-state index in [-0.39, 0.29) is 5.91 Å². The van der Waals surface area contributed by atoms with Crippen molar-refractivity contribution in [1.82, 2.24) is 14.8 Å². The van der Waals surface area contributed by atoms with Crippen LogP contribution in [0.4, 0.5) is 5.82 Å². The van der Waals surface area contributed by atoms with Crippen LogP contribution in [-0.2, 0) is 0 Å². The molecule has 0 aliphatic heterocycles. The lowest BCUT2D eigenvalue weighted by Crippen LogP contribution is -2.15. The molecule has 22 heavy (non-hydrogen) atoms. The highest BCUT2D eigenvalue weighted by molar-refractivity contribution is 6.03. The summed E-state index contributed by atoms with van der Waals surface area (Å²) in [5, 5.41) is 7.39. The van der Waals surface area contributed by atoms with Gasteiger partial charge in [-0.15, -0.1) is 0 Å². The van der Waals surface area contributed by atoms with Crippen molar-refractivity contribution in [2.45, 2.75) is 51.5 Å². The summed E-state index contributed by atoms with van der Waals surface area (Å²) in [5.41, 5.74) is 1.46. The molecule has 1 unspecified atom stereocenters. The van der Waals surface area contributed by atoms with E-state index in [2.05, 4.69) is 22.3 Å². The van der Waals surface area contributed by atoms with E-state index in [1.54, 1.807) is 0 Å². The Bertz CT molecular complexity index is 710. The van der Waals surface area contributed by atoms with Gasteiger partial charge in [0.05, 0.1) is 6.04 Å². The molecule has 0 aromatic carbocycles. The molecule has 0 bridgehead atoms. The zero-order valence-electron chi connectivity index (χ0n) is 12.9. The van der Waals surface area contributed by atoms with Gasteiger partial charge in [-0.1, -0.05) is 0 Å². The second-order valence-corrected chi connectivity index (χ2v) is 6.49. The van der Waals surface area contributed by atoms with Gasteiger partial charge in [0.1, 0.15) is 5.76 Å². The van der Waals surface area contributed by atoms with E-state index in [1.165, 1.54) is 19.2 Å². The largest absolute Gasteiger partial charge is 0.447 e. The number of anilines is 1. The van der Waals surface area contributed by atoms with Crippen molar-refractivity contribution in [2.24, 2.45) is 5.92 Å². The number of nitrogens with one attached hydrogen (secondary N) is 1. The first-order chi connectivity index (χ1) is 10.6. The van der Waals surface area contributed by atoms with Crippen molar-refractivity contribution in [3.8, 4) is 0 Å². The van der Waals surface area contributed by atoms with E-state index in [9.17, 15) is 4.79 Å². The molecule has 2 aliphatic rings. The maximum Gasteiger partial charge on any atom is 0.279 e. The average Bonchev–Trinajstić information content (AvgIpc) is 3.42. The number of hydrogen-bond donors (Lipinski definition) is 1. The summed E-state index contributed by atoms with van der Waals surface area (Å²) in [5.74, 6) is 2.13. The van der Waals surface area contributed by atoms with Crippen molar-refractivity contribution in [3.63, 3.8) is 0 Å². The number of hydrogen-bond acceptors (Lipinski definition) is 4. The van der Waals surface area contributed by atoms with E-state index in [1.807, 2.05) is 17.7 Å². The monoisotopic (exact) mass is 300 g/mol. The van der Waals surface area contributed by atoms with Gasteiger partial charge >= 0.3 is 0 Å². The van der Waals surface area contributed by atoms with Gasteiger partial charge in [0, 0.05) is 17.7 Å². The topological polar surface area (TPSA) is 73.0 Å². The highest BCUT2D eigenvalue weighted by atomic mass is 16.3. The number of carbonyl (C=O) groups excluding carboxylic acids is 1. The fourth-order valence-corrected chi connectivity index (χ4v) is 2.98. The lowest BCUT2D eigenvalue weighted by molar-refractivity contribution is 0.102. The SMILES string of the molecule is Cc1cc(NC(=O)c2ncoc2C2CC2)nn1C(C)C1CC1. The zero-order chi connectivity index (χ0) is 15.3. The number of nitrogens with zero attached hydrogens (tertiary/aromatic N) is 3. The Morgan fingerprint density at radius 2 is 2.18 bits per heavy atom. The minimum Gasteiger partial charge on any atom is -0.447 e. The van der Waals surface area contributed by atoms with Gasteiger partial charge < -0.3 is 9.73 Å². The van der Waals surface area contributed by atoms with Crippen molar-refractivity contribution in [1.29, 1.82) is 0 Å². The highest BCUT2D eigenvalue weighted by Gasteiger charge is 2.33.